The Morgan fingerprint density at radius 3 is 2.29 bits per heavy atom. The van der Waals surface area contributed by atoms with Crippen molar-refractivity contribution in [1.29, 1.82) is 0 Å². The van der Waals surface area contributed by atoms with Crippen LogP contribution >= 0.6 is 11.6 Å². The number of urea groups is 1. The monoisotopic (exact) mass is 345 g/mol. The first-order valence-corrected chi connectivity index (χ1v) is 8.60. The van der Waals surface area contributed by atoms with Crippen molar-refractivity contribution in [2.75, 3.05) is 18.4 Å². The Bertz CT molecular complexity index is 671. The standard InChI is InChI=1S/C19H24ClN3O/c1-3-23(4-2)14-16-10-6-5-9-15(16)13-21-19(24)22-18-12-8-7-11-17(18)20/h5-12H,3-4,13-14H2,1-2H3,(H2,21,22,24). The Hall–Kier alpha value is -2.04. The predicted molar refractivity (Wildman–Crippen MR) is 100 cm³/mol. The quantitative estimate of drug-likeness (QED) is 0.775. The summed E-state index contributed by atoms with van der Waals surface area (Å²) in [4.78, 5) is 14.4. The van der Waals surface area contributed by atoms with E-state index in [1.54, 1.807) is 12.1 Å². The molecule has 0 bridgehead atoms. The van der Waals surface area contributed by atoms with Crippen LogP contribution in [-0.4, -0.2) is 24.0 Å². The number of benzene rings is 2. The normalized spacial score (nSPS) is 10.7. The zero-order valence-corrected chi connectivity index (χ0v) is 14.9. The van der Waals surface area contributed by atoms with Crippen molar-refractivity contribution >= 4 is 23.3 Å². The molecule has 0 aliphatic carbocycles. The van der Waals surface area contributed by atoms with Crippen LogP contribution in [0.1, 0.15) is 25.0 Å². The van der Waals surface area contributed by atoms with Crippen LogP contribution in [0.5, 0.6) is 0 Å². The average Bonchev–Trinajstić information content (AvgIpc) is 2.60. The van der Waals surface area contributed by atoms with Crippen molar-refractivity contribution in [3.8, 4) is 0 Å². The summed E-state index contributed by atoms with van der Waals surface area (Å²) in [7, 11) is 0. The Balaban J connectivity index is 1.96. The predicted octanol–water partition coefficient (Wildman–Crippen LogP) is 4.50. The highest BCUT2D eigenvalue weighted by atomic mass is 35.5. The fourth-order valence-electron chi connectivity index (χ4n) is 2.48. The van der Waals surface area contributed by atoms with Crippen molar-refractivity contribution in [1.82, 2.24) is 10.2 Å². The highest BCUT2D eigenvalue weighted by Crippen LogP contribution is 2.20. The summed E-state index contributed by atoms with van der Waals surface area (Å²) in [5.74, 6) is 0. The van der Waals surface area contributed by atoms with Crippen LogP contribution in [0.25, 0.3) is 0 Å². The lowest BCUT2D eigenvalue weighted by molar-refractivity contribution is 0.251. The molecule has 2 rings (SSSR count). The molecule has 0 saturated heterocycles. The van der Waals surface area contributed by atoms with E-state index in [0.717, 1.165) is 25.2 Å². The Kier molecular flexibility index (Phi) is 7.09. The molecular weight excluding hydrogens is 322 g/mol. The van der Waals surface area contributed by atoms with Gasteiger partial charge in [-0.25, -0.2) is 4.79 Å². The zero-order chi connectivity index (χ0) is 17.4. The van der Waals surface area contributed by atoms with Gasteiger partial charge in [0.05, 0.1) is 10.7 Å². The molecule has 0 atom stereocenters. The number of anilines is 1. The summed E-state index contributed by atoms with van der Waals surface area (Å²) in [6.07, 6.45) is 0. The van der Waals surface area contributed by atoms with E-state index < -0.39 is 0 Å². The van der Waals surface area contributed by atoms with E-state index in [9.17, 15) is 4.79 Å². The second kappa shape index (κ2) is 9.30. The smallest absolute Gasteiger partial charge is 0.319 e. The summed E-state index contributed by atoms with van der Waals surface area (Å²) in [5.41, 5.74) is 2.96. The molecule has 2 aromatic rings. The minimum absolute atomic E-state index is 0.263. The maximum Gasteiger partial charge on any atom is 0.319 e. The van der Waals surface area contributed by atoms with Gasteiger partial charge in [-0.2, -0.15) is 0 Å². The van der Waals surface area contributed by atoms with E-state index in [1.165, 1.54) is 5.56 Å². The van der Waals surface area contributed by atoms with Crippen LogP contribution in [0.4, 0.5) is 10.5 Å². The number of carbonyl (C=O) groups excluding carboxylic acids is 1. The topological polar surface area (TPSA) is 44.4 Å². The molecule has 0 saturated carbocycles. The number of nitrogens with zero attached hydrogens (tertiary/aromatic N) is 1. The number of hydrogen-bond donors (Lipinski definition) is 2. The molecule has 2 aromatic carbocycles. The van der Waals surface area contributed by atoms with Gasteiger partial charge >= 0.3 is 6.03 Å². The highest BCUT2D eigenvalue weighted by molar-refractivity contribution is 6.33. The highest BCUT2D eigenvalue weighted by Gasteiger charge is 2.08. The van der Waals surface area contributed by atoms with E-state index >= 15 is 0 Å². The van der Waals surface area contributed by atoms with E-state index in [2.05, 4.69) is 41.5 Å². The molecule has 0 spiro atoms. The number of carbonyl (C=O) groups is 1. The third-order valence-corrected chi connectivity index (χ3v) is 4.30. The molecule has 0 fully saturated rings. The van der Waals surface area contributed by atoms with Crippen LogP contribution in [0, 0.1) is 0 Å². The molecule has 128 valence electrons. The first-order chi connectivity index (χ1) is 11.6. The largest absolute Gasteiger partial charge is 0.334 e. The van der Waals surface area contributed by atoms with Crippen LogP contribution < -0.4 is 10.6 Å². The SMILES string of the molecule is CCN(CC)Cc1ccccc1CNC(=O)Nc1ccccc1Cl. The molecule has 0 aliphatic rings. The van der Waals surface area contributed by atoms with Crippen molar-refractivity contribution in [2.45, 2.75) is 26.9 Å². The zero-order valence-electron chi connectivity index (χ0n) is 14.2. The number of hydrogen-bond acceptors (Lipinski definition) is 2. The first-order valence-electron chi connectivity index (χ1n) is 8.22. The number of rotatable bonds is 7. The molecule has 0 radical (unpaired) electrons. The van der Waals surface area contributed by atoms with Gasteiger partial charge < -0.3 is 10.6 Å². The third-order valence-electron chi connectivity index (χ3n) is 3.97. The summed E-state index contributed by atoms with van der Waals surface area (Å²) < 4.78 is 0. The fraction of sp³-hybridized carbons (Fsp3) is 0.316. The summed E-state index contributed by atoms with van der Waals surface area (Å²) in [6, 6.07) is 15.1. The maximum atomic E-state index is 12.1. The maximum absolute atomic E-state index is 12.1. The summed E-state index contributed by atoms with van der Waals surface area (Å²) in [6.45, 7) is 7.68. The van der Waals surface area contributed by atoms with Crippen molar-refractivity contribution < 1.29 is 4.79 Å². The van der Waals surface area contributed by atoms with Gasteiger partial charge in [0.25, 0.3) is 0 Å². The second-order valence-electron chi connectivity index (χ2n) is 5.52. The minimum Gasteiger partial charge on any atom is -0.334 e. The van der Waals surface area contributed by atoms with Gasteiger partial charge in [-0.1, -0.05) is 61.8 Å². The van der Waals surface area contributed by atoms with Crippen molar-refractivity contribution in [3.05, 3.63) is 64.7 Å². The number of para-hydroxylation sites is 1. The number of amides is 2. The molecule has 0 aliphatic heterocycles. The molecule has 0 heterocycles. The fourth-order valence-corrected chi connectivity index (χ4v) is 2.66. The van der Waals surface area contributed by atoms with Crippen molar-refractivity contribution in [2.24, 2.45) is 0 Å². The van der Waals surface area contributed by atoms with Gasteiger partial charge in [0, 0.05) is 13.1 Å². The summed E-state index contributed by atoms with van der Waals surface area (Å²) >= 11 is 6.05. The molecule has 0 unspecified atom stereocenters. The number of nitrogens with one attached hydrogen (secondary N) is 2. The van der Waals surface area contributed by atoms with Crippen molar-refractivity contribution in [3.63, 3.8) is 0 Å². The molecule has 2 N–H and O–H groups in total. The van der Waals surface area contributed by atoms with Gasteiger partial charge in [0.15, 0.2) is 0 Å². The first kappa shape index (κ1) is 18.3. The molecule has 24 heavy (non-hydrogen) atoms. The van der Waals surface area contributed by atoms with E-state index in [0.29, 0.717) is 17.3 Å². The third kappa shape index (κ3) is 5.25. The Morgan fingerprint density at radius 2 is 1.62 bits per heavy atom. The van der Waals surface area contributed by atoms with Gasteiger partial charge in [-0.15, -0.1) is 0 Å². The van der Waals surface area contributed by atoms with Crippen LogP contribution in [-0.2, 0) is 13.1 Å². The lowest BCUT2D eigenvalue weighted by Gasteiger charge is -2.20. The Morgan fingerprint density at radius 1 is 1.00 bits per heavy atom. The average molecular weight is 346 g/mol. The minimum atomic E-state index is -0.263. The molecule has 2 amide bonds. The van der Waals surface area contributed by atoms with Gasteiger partial charge in [0.2, 0.25) is 0 Å². The van der Waals surface area contributed by atoms with Crippen LogP contribution in [0.15, 0.2) is 48.5 Å². The Labute approximate surface area is 148 Å². The van der Waals surface area contributed by atoms with Gasteiger partial charge in [-0.3, -0.25) is 4.90 Å². The summed E-state index contributed by atoms with van der Waals surface area (Å²) in [5, 5.41) is 6.19. The lowest BCUT2D eigenvalue weighted by Crippen LogP contribution is -2.29. The lowest BCUT2D eigenvalue weighted by atomic mass is 10.1. The van der Waals surface area contributed by atoms with E-state index in [1.807, 2.05) is 24.3 Å². The van der Waals surface area contributed by atoms with E-state index in [4.69, 9.17) is 11.6 Å². The molecule has 4 nitrogen and oxygen atoms in total. The van der Waals surface area contributed by atoms with E-state index in [-0.39, 0.29) is 6.03 Å². The van der Waals surface area contributed by atoms with Crippen LogP contribution in [0.2, 0.25) is 5.02 Å². The second-order valence-corrected chi connectivity index (χ2v) is 5.92. The molecule has 5 heteroatoms. The molecule has 0 aromatic heterocycles. The molecular formula is C19H24ClN3O. The van der Waals surface area contributed by atoms with Crippen LogP contribution in [0.3, 0.4) is 0 Å². The number of halogens is 1. The van der Waals surface area contributed by atoms with Gasteiger partial charge in [0.1, 0.15) is 0 Å². The van der Waals surface area contributed by atoms with Gasteiger partial charge in [-0.05, 0) is 36.3 Å².